The number of hydrogen-bond acceptors (Lipinski definition) is 3. The molecule has 2 rings (SSSR count). The van der Waals surface area contributed by atoms with Crippen molar-refractivity contribution < 1.29 is 14.9 Å². The van der Waals surface area contributed by atoms with E-state index in [2.05, 4.69) is 0 Å². The molecule has 0 bridgehead atoms. The number of halogens is 4. The molecule has 0 aromatic heterocycles. The molecule has 15 heavy (non-hydrogen) atoms. The van der Waals surface area contributed by atoms with Gasteiger partial charge in [0.05, 0.1) is 5.02 Å². The highest BCUT2D eigenvalue weighted by atomic mass is 35.5. The molecule has 1 aliphatic heterocycles. The maximum atomic E-state index is 9.51. The number of benzene rings is 1. The lowest BCUT2D eigenvalue weighted by molar-refractivity contribution is -0.00149. The number of ether oxygens (including phenoxy) is 1. The number of phenolic OH excluding ortho intramolecular Hbond substituents is 1. The van der Waals surface area contributed by atoms with E-state index in [4.69, 9.17) is 51.1 Å². The van der Waals surface area contributed by atoms with E-state index in [1.54, 1.807) is 0 Å². The third-order valence-electron chi connectivity index (χ3n) is 2.05. The van der Waals surface area contributed by atoms with Gasteiger partial charge in [0.15, 0.2) is 5.75 Å². The van der Waals surface area contributed by atoms with Gasteiger partial charge in [0.1, 0.15) is 21.2 Å². The van der Waals surface area contributed by atoms with E-state index in [0.717, 1.165) is 0 Å². The van der Waals surface area contributed by atoms with Crippen LogP contribution in [0.25, 0.3) is 0 Å². The van der Waals surface area contributed by atoms with Crippen molar-refractivity contribution in [3.05, 3.63) is 20.6 Å². The predicted molar refractivity (Wildman–Crippen MR) is 58.4 cm³/mol. The summed E-state index contributed by atoms with van der Waals surface area (Å²) >= 11 is 23.1. The van der Waals surface area contributed by atoms with Crippen LogP contribution in [0.5, 0.6) is 11.5 Å². The van der Waals surface area contributed by atoms with Crippen LogP contribution in [-0.4, -0.2) is 16.5 Å². The normalized spacial score (nSPS) is 23.8. The van der Waals surface area contributed by atoms with Crippen LogP contribution in [0.1, 0.15) is 10.9 Å². The van der Waals surface area contributed by atoms with Crippen LogP contribution in [0.2, 0.25) is 15.1 Å². The molecule has 2 atom stereocenters. The van der Waals surface area contributed by atoms with Crippen molar-refractivity contribution in [2.45, 2.75) is 11.7 Å². The molecule has 1 aromatic carbocycles. The number of aliphatic hydroxyl groups is 1. The van der Waals surface area contributed by atoms with Gasteiger partial charge in [0.2, 0.25) is 6.29 Å². The third kappa shape index (κ3) is 1.54. The maximum absolute atomic E-state index is 9.51. The highest BCUT2D eigenvalue weighted by Crippen LogP contribution is 2.54. The average molecular weight is 290 g/mol. The number of rotatable bonds is 0. The van der Waals surface area contributed by atoms with Gasteiger partial charge in [-0.2, -0.15) is 0 Å². The van der Waals surface area contributed by atoms with Gasteiger partial charge in [0, 0.05) is 5.56 Å². The zero-order valence-corrected chi connectivity index (χ0v) is 9.99. The van der Waals surface area contributed by atoms with E-state index in [0.29, 0.717) is 0 Å². The number of phenols is 1. The lowest BCUT2D eigenvalue weighted by Crippen LogP contribution is -2.13. The van der Waals surface area contributed by atoms with Gasteiger partial charge in [-0.3, -0.25) is 0 Å². The van der Waals surface area contributed by atoms with Gasteiger partial charge in [-0.1, -0.05) is 34.8 Å². The van der Waals surface area contributed by atoms with Crippen LogP contribution < -0.4 is 4.74 Å². The van der Waals surface area contributed by atoms with Crippen molar-refractivity contribution in [2.24, 2.45) is 0 Å². The first-order valence-electron chi connectivity index (χ1n) is 3.83. The van der Waals surface area contributed by atoms with E-state index in [1.165, 1.54) is 0 Å². The molecule has 1 heterocycles. The summed E-state index contributed by atoms with van der Waals surface area (Å²) in [7, 11) is 0. The topological polar surface area (TPSA) is 49.7 Å². The van der Waals surface area contributed by atoms with Crippen LogP contribution in [0.3, 0.4) is 0 Å². The number of fused-ring (bicyclic) bond motifs is 1. The van der Waals surface area contributed by atoms with E-state index in [-0.39, 0.29) is 32.1 Å². The van der Waals surface area contributed by atoms with Crippen molar-refractivity contribution in [3.8, 4) is 11.5 Å². The Labute approximate surface area is 105 Å². The summed E-state index contributed by atoms with van der Waals surface area (Å²) in [6, 6.07) is 0. The Morgan fingerprint density at radius 2 is 1.67 bits per heavy atom. The molecular weight excluding hydrogens is 286 g/mol. The minimum atomic E-state index is -1.26. The Kier molecular flexibility index (Phi) is 2.86. The summed E-state index contributed by atoms with van der Waals surface area (Å²) in [5, 5.41) is 17.8. The number of alkyl halides is 1. The number of aromatic hydroxyl groups is 1. The van der Waals surface area contributed by atoms with Crippen molar-refractivity contribution in [1.29, 1.82) is 0 Å². The molecule has 2 unspecified atom stereocenters. The molecule has 82 valence electrons. The summed E-state index contributed by atoms with van der Waals surface area (Å²) in [4.78, 5) is 0. The molecule has 0 saturated carbocycles. The third-order valence-corrected chi connectivity index (χ3v) is 3.70. The lowest BCUT2D eigenvalue weighted by atomic mass is 10.1. The van der Waals surface area contributed by atoms with Gasteiger partial charge in [0.25, 0.3) is 0 Å². The molecule has 3 nitrogen and oxygen atoms in total. The molecule has 0 aliphatic carbocycles. The fourth-order valence-corrected chi connectivity index (χ4v) is 2.41. The molecule has 1 aliphatic rings. The summed E-state index contributed by atoms with van der Waals surface area (Å²) < 4.78 is 4.98. The first-order chi connectivity index (χ1) is 6.95. The second-order valence-corrected chi connectivity index (χ2v) is 4.55. The maximum Gasteiger partial charge on any atom is 0.218 e. The SMILES string of the molecule is Oc1c(Cl)c(Cl)c2c(c1Cl)C(Cl)C(O)O2. The van der Waals surface area contributed by atoms with Gasteiger partial charge in [-0.15, -0.1) is 11.6 Å². The quantitative estimate of drug-likeness (QED) is 0.569. The Balaban J connectivity index is 2.75. The largest absolute Gasteiger partial charge is 0.505 e. The predicted octanol–water partition coefficient (Wildman–Crippen LogP) is 3.34. The minimum Gasteiger partial charge on any atom is -0.505 e. The molecule has 0 amide bonds. The van der Waals surface area contributed by atoms with Gasteiger partial charge in [-0.05, 0) is 0 Å². The molecule has 0 fully saturated rings. The Bertz CT molecular complexity index is 435. The van der Waals surface area contributed by atoms with Gasteiger partial charge >= 0.3 is 0 Å². The van der Waals surface area contributed by atoms with Crippen LogP contribution in [0.15, 0.2) is 0 Å². The summed E-state index contributed by atoms with van der Waals surface area (Å²) in [6.45, 7) is 0. The minimum absolute atomic E-state index is 0.0178. The second kappa shape index (κ2) is 3.75. The lowest BCUT2D eigenvalue weighted by Gasteiger charge is -2.08. The van der Waals surface area contributed by atoms with Crippen LogP contribution in [-0.2, 0) is 0 Å². The Morgan fingerprint density at radius 3 is 2.27 bits per heavy atom. The molecule has 0 saturated heterocycles. The van der Waals surface area contributed by atoms with Crippen LogP contribution >= 0.6 is 46.4 Å². The summed E-state index contributed by atoms with van der Waals surface area (Å²) in [5.74, 6) is -0.262. The van der Waals surface area contributed by atoms with Crippen molar-refractivity contribution in [3.63, 3.8) is 0 Å². The van der Waals surface area contributed by atoms with E-state index in [9.17, 15) is 10.2 Å². The Morgan fingerprint density at radius 1 is 1.07 bits per heavy atom. The highest BCUT2D eigenvalue weighted by Gasteiger charge is 2.38. The van der Waals surface area contributed by atoms with E-state index < -0.39 is 11.7 Å². The van der Waals surface area contributed by atoms with Gasteiger partial charge < -0.3 is 14.9 Å². The first-order valence-corrected chi connectivity index (χ1v) is 5.40. The fourth-order valence-electron chi connectivity index (χ4n) is 1.33. The molecule has 1 aromatic rings. The fraction of sp³-hybridized carbons (Fsp3) is 0.250. The number of hydrogen-bond donors (Lipinski definition) is 2. The number of aliphatic hydroxyl groups excluding tert-OH is 1. The second-order valence-electron chi connectivity index (χ2n) is 2.94. The average Bonchev–Trinajstić information content (AvgIpc) is 2.50. The molecule has 0 spiro atoms. The summed E-state index contributed by atoms with van der Waals surface area (Å²) in [5.41, 5.74) is 0.248. The molecule has 2 N–H and O–H groups in total. The van der Waals surface area contributed by atoms with Crippen molar-refractivity contribution in [1.82, 2.24) is 0 Å². The van der Waals surface area contributed by atoms with Crippen LogP contribution in [0.4, 0.5) is 0 Å². The van der Waals surface area contributed by atoms with Crippen LogP contribution in [0, 0.1) is 0 Å². The standard InChI is InChI=1S/C8H4Cl4O3/c9-2-1-3(10)8(14)15-7(1)5(12)4(11)6(2)13/h3,8,13-14H. The molecule has 7 heteroatoms. The van der Waals surface area contributed by atoms with Crippen molar-refractivity contribution >= 4 is 46.4 Å². The van der Waals surface area contributed by atoms with Gasteiger partial charge in [-0.25, -0.2) is 0 Å². The smallest absolute Gasteiger partial charge is 0.218 e. The zero-order valence-electron chi connectivity index (χ0n) is 6.97. The monoisotopic (exact) mass is 288 g/mol. The summed E-state index contributed by atoms with van der Waals surface area (Å²) in [6.07, 6.45) is -1.26. The van der Waals surface area contributed by atoms with E-state index in [1.807, 2.05) is 0 Å². The molecular formula is C8H4Cl4O3. The highest BCUT2D eigenvalue weighted by molar-refractivity contribution is 6.46. The first kappa shape index (κ1) is 11.4. The van der Waals surface area contributed by atoms with E-state index >= 15 is 0 Å². The van der Waals surface area contributed by atoms with Crippen molar-refractivity contribution in [2.75, 3.05) is 0 Å². The zero-order chi connectivity index (χ0) is 11.3. The molecule has 0 radical (unpaired) electrons. The Hall–Kier alpha value is -0.0600.